The molecule has 1 aliphatic heterocycles. The summed E-state index contributed by atoms with van der Waals surface area (Å²) in [5, 5.41) is 22.0. The average Bonchev–Trinajstić information content (AvgIpc) is 3.48. The second-order valence-corrected chi connectivity index (χ2v) is 11.6. The number of nitrogens with zero attached hydrogens (tertiary/aromatic N) is 7. The average molecular weight is 465 g/mol. The summed E-state index contributed by atoms with van der Waals surface area (Å²) in [4.78, 5) is 20.2. The summed E-state index contributed by atoms with van der Waals surface area (Å²) in [7, 11) is 0. The Morgan fingerprint density at radius 3 is 2.52 bits per heavy atom. The van der Waals surface area contributed by atoms with Gasteiger partial charge in [-0.25, -0.2) is 4.98 Å². The van der Waals surface area contributed by atoms with Crippen LogP contribution >= 0.6 is 11.3 Å². The monoisotopic (exact) mass is 464 g/mol. The number of fused-ring (bicyclic) bond motifs is 1. The Kier molecular flexibility index (Phi) is 4.47. The van der Waals surface area contributed by atoms with Crippen molar-refractivity contribution in [1.82, 2.24) is 30.2 Å². The predicted octanol–water partition coefficient (Wildman–Crippen LogP) is 3.30. The molecule has 4 aliphatic carbocycles. The van der Waals surface area contributed by atoms with Gasteiger partial charge < -0.3 is 10.2 Å². The molecule has 4 heterocycles. The molecule has 0 radical (unpaired) electrons. The second kappa shape index (κ2) is 7.44. The third kappa shape index (κ3) is 3.41. The van der Waals surface area contributed by atoms with E-state index in [1.54, 1.807) is 11.3 Å². The Morgan fingerprint density at radius 2 is 1.79 bits per heavy atom. The zero-order valence-corrected chi connectivity index (χ0v) is 19.4. The van der Waals surface area contributed by atoms with Crippen molar-refractivity contribution in [1.29, 1.82) is 0 Å². The Labute approximate surface area is 196 Å². The fourth-order valence-corrected chi connectivity index (χ4v) is 8.22. The minimum absolute atomic E-state index is 0.00455. The van der Waals surface area contributed by atoms with Gasteiger partial charge in [0.1, 0.15) is 0 Å². The summed E-state index contributed by atoms with van der Waals surface area (Å²) in [6.45, 7) is 1.57. The molecular weight excluding hydrogens is 436 g/mol. The standard InChI is InChI=1S/C23H28N8OS/c32-21(17-3-5-30(6-4-17)20-2-1-19-26-28-29-31(19)27-20)25-22-24-18(13-33-22)23-10-14-7-15(11-23)9-16(8-14)12-23/h1-2,13-17H,3-12H2,(H,24,25,32). The van der Waals surface area contributed by atoms with Gasteiger partial charge in [-0.3, -0.25) is 4.79 Å². The lowest BCUT2D eigenvalue weighted by Crippen LogP contribution is -2.48. The molecular formula is C23H28N8OS. The molecule has 3 aromatic rings. The van der Waals surface area contributed by atoms with E-state index in [-0.39, 0.29) is 17.2 Å². The van der Waals surface area contributed by atoms with Crippen LogP contribution in [0.2, 0.25) is 0 Å². The van der Waals surface area contributed by atoms with Crippen LogP contribution in [0.25, 0.3) is 5.65 Å². The molecule has 33 heavy (non-hydrogen) atoms. The van der Waals surface area contributed by atoms with E-state index in [1.807, 2.05) is 12.1 Å². The van der Waals surface area contributed by atoms with Crippen LogP contribution in [0.15, 0.2) is 17.5 Å². The molecule has 0 atom stereocenters. The van der Waals surface area contributed by atoms with Gasteiger partial charge in [-0.2, -0.15) is 0 Å². The molecule has 1 saturated heterocycles. The van der Waals surface area contributed by atoms with E-state index >= 15 is 0 Å². The summed E-state index contributed by atoms with van der Waals surface area (Å²) >= 11 is 1.61. The third-order valence-electron chi connectivity index (χ3n) is 8.56. The molecule has 10 heteroatoms. The molecule has 0 aromatic carbocycles. The van der Waals surface area contributed by atoms with Crippen LogP contribution in [0.5, 0.6) is 0 Å². The molecule has 8 rings (SSSR count). The van der Waals surface area contributed by atoms with Crippen LogP contribution in [0.3, 0.4) is 0 Å². The van der Waals surface area contributed by atoms with E-state index in [4.69, 9.17) is 4.98 Å². The largest absolute Gasteiger partial charge is 0.355 e. The van der Waals surface area contributed by atoms with E-state index in [0.717, 1.165) is 54.6 Å². The normalized spacial score (nSPS) is 31.4. The zero-order valence-electron chi connectivity index (χ0n) is 18.6. The predicted molar refractivity (Wildman–Crippen MR) is 124 cm³/mol. The number of aromatic nitrogens is 6. The molecule has 0 spiro atoms. The van der Waals surface area contributed by atoms with Gasteiger partial charge in [-0.1, -0.05) is 0 Å². The first kappa shape index (κ1) is 19.8. The number of nitrogens with one attached hydrogen (secondary N) is 1. The van der Waals surface area contributed by atoms with E-state index in [1.165, 1.54) is 48.8 Å². The van der Waals surface area contributed by atoms with Crippen LogP contribution in [0.4, 0.5) is 10.9 Å². The van der Waals surface area contributed by atoms with Crippen molar-refractivity contribution in [3.63, 3.8) is 0 Å². The number of rotatable bonds is 4. The topological polar surface area (TPSA) is 101 Å². The van der Waals surface area contributed by atoms with Crippen molar-refractivity contribution in [3.05, 3.63) is 23.2 Å². The van der Waals surface area contributed by atoms with Crippen molar-refractivity contribution in [2.45, 2.75) is 56.8 Å². The van der Waals surface area contributed by atoms with Crippen LogP contribution in [0.1, 0.15) is 57.1 Å². The van der Waals surface area contributed by atoms with Crippen LogP contribution < -0.4 is 10.2 Å². The molecule has 1 amide bonds. The molecule has 5 aliphatic rings. The number of amides is 1. The van der Waals surface area contributed by atoms with Gasteiger partial charge in [0.25, 0.3) is 0 Å². The lowest BCUT2D eigenvalue weighted by Gasteiger charge is -2.56. The Bertz CT molecular complexity index is 1160. The van der Waals surface area contributed by atoms with Crippen LogP contribution in [-0.4, -0.2) is 49.2 Å². The van der Waals surface area contributed by atoms with Crippen molar-refractivity contribution in [2.24, 2.45) is 23.7 Å². The van der Waals surface area contributed by atoms with E-state index < -0.39 is 0 Å². The molecule has 4 bridgehead atoms. The van der Waals surface area contributed by atoms with Gasteiger partial charge >= 0.3 is 0 Å². The minimum Gasteiger partial charge on any atom is -0.355 e. The maximum absolute atomic E-state index is 13.0. The number of carbonyl (C=O) groups is 1. The highest BCUT2D eigenvalue weighted by atomic mass is 32.1. The lowest BCUT2D eigenvalue weighted by molar-refractivity contribution is -0.120. The highest BCUT2D eigenvalue weighted by Crippen LogP contribution is 2.60. The van der Waals surface area contributed by atoms with Crippen LogP contribution in [0, 0.1) is 23.7 Å². The molecule has 5 fully saturated rings. The number of hydrogen-bond acceptors (Lipinski definition) is 8. The smallest absolute Gasteiger partial charge is 0.229 e. The number of thiazole rings is 1. The minimum atomic E-state index is 0.00455. The molecule has 0 unspecified atom stereocenters. The van der Waals surface area contributed by atoms with E-state index in [2.05, 4.69) is 36.2 Å². The first-order valence-electron chi connectivity index (χ1n) is 12.2. The highest BCUT2D eigenvalue weighted by molar-refractivity contribution is 7.14. The number of hydrogen-bond donors (Lipinski definition) is 1. The molecule has 4 saturated carbocycles. The molecule has 3 aromatic heterocycles. The SMILES string of the molecule is O=C(Nc1nc(C23CC4CC(CC(C4)C2)C3)cs1)C1CCN(c2ccc3nnnn3n2)CC1. The first-order valence-corrected chi connectivity index (χ1v) is 13.1. The quantitative estimate of drug-likeness (QED) is 0.632. The maximum atomic E-state index is 13.0. The van der Waals surface area contributed by atoms with Crippen LogP contribution in [-0.2, 0) is 10.2 Å². The molecule has 1 N–H and O–H groups in total. The van der Waals surface area contributed by atoms with Gasteiger partial charge in [-0.15, -0.1) is 26.2 Å². The summed E-state index contributed by atoms with van der Waals surface area (Å²) in [5.41, 5.74) is 2.16. The van der Waals surface area contributed by atoms with Crippen molar-refractivity contribution in [2.75, 3.05) is 23.3 Å². The van der Waals surface area contributed by atoms with Gasteiger partial charge in [0.05, 0.1) is 5.69 Å². The number of piperidine rings is 1. The van der Waals surface area contributed by atoms with Crippen molar-refractivity contribution >= 4 is 33.8 Å². The Hall–Kier alpha value is -2.62. The Balaban J connectivity index is 0.991. The number of tetrazole rings is 1. The van der Waals surface area contributed by atoms with Gasteiger partial charge in [0.15, 0.2) is 16.6 Å². The Morgan fingerprint density at radius 1 is 1.06 bits per heavy atom. The van der Waals surface area contributed by atoms with E-state index in [0.29, 0.717) is 5.65 Å². The van der Waals surface area contributed by atoms with Gasteiger partial charge in [-0.05, 0) is 91.7 Å². The summed E-state index contributed by atoms with van der Waals surface area (Å²) in [6, 6.07) is 3.80. The fourth-order valence-electron chi connectivity index (χ4n) is 7.39. The number of anilines is 2. The molecule has 9 nitrogen and oxygen atoms in total. The highest BCUT2D eigenvalue weighted by Gasteiger charge is 2.52. The summed E-state index contributed by atoms with van der Waals surface area (Å²) in [6.07, 6.45) is 9.82. The number of carbonyl (C=O) groups excluding carboxylic acids is 1. The first-order chi connectivity index (χ1) is 16.1. The third-order valence-corrected chi connectivity index (χ3v) is 9.32. The molecule has 172 valence electrons. The second-order valence-electron chi connectivity index (χ2n) is 10.7. The van der Waals surface area contributed by atoms with Gasteiger partial charge in [0, 0.05) is 29.8 Å². The van der Waals surface area contributed by atoms with Gasteiger partial charge in [0.2, 0.25) is 5.91 Å². The zero-order chi connectivity index (χ0) is 22.0. The lowest BCUT2D eigenvalue weighted by atomic mass is 9.49. The van der Waals surface area contributed by atoms with E-state index in [9.17, 15) is 4.79 Å². The summed E-state index contributed by atoms with van der Waals surface area (Å²) < 4.78 is 1.44. The fraction of sp³-hybridized carbons (Fsp3) is 0.652. The van der Waals surface area contributed by atoms with Crippen molar-refractivity contribution < 1.29 is 4.79 Å². The summed E-state index contributed by atoms with van der Waals surface area (Å²) in [5.74, 6) is 3.65. The maximum Gasteiger partial charge on any atom is 0.229 e. The van der Waals surface area contributed by atoms with Crippen molar-refractivity contribution in [3.8, 4) is 0 Å².